The number of furan rings is 1. The lowest BCUT2D eigenvalue weighted by Gasteiger charge is -2.09. The molecular formula is C9H8N2O3S. The maximum Gasteiger partial charge on any atom is 0.223 e. The van der Waals surface area contributed by atoms with Crippen LogP contribution < -0.4 is 5.32 Å². The molecule has 1 aromatic rings. The highest BCUT2D eigenvalue weighted by molar-refractivity contribution is 7.95. The number of sulfone groups is 1. The third-order valence-corrected chi connectivity index (χ3v) is 4.15. The summed E-state index contributed by atoms with van der Waals surface area (Å²) in [4.78, 5) is -0.224. The van der Waals surface area contributed by atoms with Gasteiger partial charge in [-0.1, -0.05) is 0 Å². The van der Waals surface area contributed by atoms with Crippen LogP contribution in [0.2, 0.25) is 0 Å². The van der Waals surface area contributed by atoms with Gasteiger partial charge < -0.3 is 9.73 Å². The Morgan fingerprint density at radius 2 is 2.13 bits per heavy atom. The summed E-state index contributed by atoms with van der Waals surface area (Å²) >= 11 is 0. The van der Waals surface area contributed by atoms with Crippen molar-refractivity contribution in [2.24, 2.45) is 0 Å². The summed E-state index contributed by atoms with van der Waals surface area (Å²) < 4.78 is 29.0. The van der Waals surface area contributed by atoms with Gasteiger partial charge in [0.25, 0.3) is 0 Å². The van der Waals surface area contributed by atoms with E-state index in [1.165, 1.54) is 0 Å². The second kappa shape index (κ2) is 2.87. The van der Waals surface area contributed by atoms with Crippen molar-refractivity contribution < 1.29 is 12.8 Å². The molecule has 0 saturated carbocycles. The molecule has 15 heavy (non-hydrogen) atoms. The van der Waals surface area contributed by atoms with Gasteiger partial charge in [-0.15, -0.1) is 0 Å². The second-order valence-corrected chi connectivity index (χ2v) is 5.06. The summed E-state index contributed by atoms with van der Waals surface area (Å²) in [6.45, 7) is 3.33. The lowest BCUT2D eigenvalue weighted by molar-refractivity contribution is 0.543. The Labute approximate surface area is 86.9 Å². The van der Waals surface area contributed by atoms with E-state index < -0.39 is 9.84 Å². The van der Waals surface area contributed by atoms with Crippen LogP contribution in [0.3, 0.4) is 0 Å². The highest BCUT2D eigenvalue weighted by Crippen LogP contribution is 2.37. The van der Waals surface area contributed by atoms with E-state index >= 15 is 0 Å². The normalized spacial score (nSPS) is 17.3. The van der Waals surface area contributed by atoms with Crippen LogP contribution in [0.5, 0.6) is 0 Å². The molecule has 5 nitrogen and oxygen atoms in total. The van der Waals surface area contributed by atoms with E-state index in [1.54, 1.807) is 19.9 Å². The minimum absolute atomic E-state index is 0.0686. The maximum absolute atomic E-state index is 11.9. The number of rotatable bonds is 0. The van der Waals surface area contributed by atoms with Gasteiger partial charge in [-0.2, -0.15) is 5.26 Å². The molecule has 0 fully saturated rings. The summed E-state index contributed by atoms with van der Waals surface area (Å²) in [5.74, 6) is 0.715. The minimum atomic E-state index is -3.70. The van der Waals surface area contributed by atoms with Gasteiger partial charge in [0.05, 0.1) is 0 Å². The largest absolute Gasteiger partial charge is 0.444 e. The van der Waals surface area contributed by atoms with Crippen LogP contribution in [-0.4, -0.2) is 8.42 Å². The van der Waals surface area contributed by atoms with Crippen LogP contribution in [-0.2, 0) is 9.84 Å². The number of anilines is 1. The number of allylic oxidation sites excluding steroid dienone is 1. The number of nitriles is 1. The lowest BCUT2D eigenvalue weighted by atomic mass is 10.3. The van der Waals surface area contributed by atoms with E-state index in [0.717, 1.165) is 6.20 Å². The predicted molar refractivity (Wildman–Crippen MR) is 52.7 cm³/mol. The van der Waals surface area contributed by atoms with Gasteiger partial charge in [0.15, 0.2) is 4.91 Å². The zero-order chi connectivity index (χ0) is 11.2. The molecule has 0 unspecified atom stereocenters. The van der Waals surface area contributed by atoms with Crippen LogP contribution in [0.4, 0.5) is 5.88 Å². The standard InChI is InChI=1S/C9H8N2O3S/c1-5-6(2)14-9-8(5)15(12,13)7(3-10)4-11-9/h4,11H,1-2H3. The number of aryl methyl sites for hydroxylation is 1. The van der Waals surface area contributed by atoms with Gasteiger partial charge in [-0.3, -0.25) is 0 Å². The van der Waals surface area contributed by atoms with Crippen LogP contribution in [0.15, 0.2) is 20.4 Å². The van der Waals surface area contributed by atoms with Crippen LogP contribution >= 0.6 is 0 Å². The molecule has 0 saturated heterocycles. The average molecular weight is 224 g/mol. The Hall–Kier alpha value is -1.74. The molecule has 78 valence electrons. The molecule has 0 radical (unpaired) electrons. The SMILES string of the molecule is Cc1oc2c(c1C)S(=O)(=O)C(C#N)=CN2. The van der Waals surface area contributed by atoms with E-state index in [0.29, 0.717) is 11.3 Å². The number of nitrogens with zero attached hydrogens (tertiary/aromatic N) is 1. The zero-order valence-corrected chi connectivity index (χ0v) is 8.97. The molecule has 1 N–H and O–H groups in total. The van der Waals surface area contributed by atoms with Crippen molar-refractivity contribution in [3.63, 3.8) is 0 Å². The molecule has 0 spiro atoms. The first-order valence-electron chi connectivity index (χ1n) is 4.20. The highest BCUT2D eigenvalue weighted by Gasteiger charge is 2.33. The predicted octanol–water partition coefficient (Wildman–Crippen LogP) is 1.46. The van der Waals surface area contributed by atoms with E-state index in [9.17, 15) is 8.42 Å². The number of hydrogen-bond donors (Lipinski definition) is 1. The summed E-state index contributed by atoms with van der Waals surface area (Å²) in [5, 5.41) is 11.3. The third-order valence-electron chi connectivity index (χ3n) is 2.33. The van der Waals surface area contributed by atoms with E-state index in [1.807, 2.05) is 0 Å². The first-order valence-corrected chi connectivity index (χ1v) is 5.68. The Bertz CT molecular complexity index is 602. The molecule has 6 heteroatoms. The Morgan fingerprint density at radius 3 is 2.73 bits per heavy atom. The van der Waals surface area contributed by atoms with E-state index in [4.69, 9.17) is 9.68 Å². The fourth-order valence-electron chi connectivity index (χ4n) is 1.44. The smallest absolute Gasteiger partial charge is 0.223 e. The van der Waals surface area contributed by atoms with Gasteiger partial charge in [-0.25, -0.2) is 8.42 Å². The molecule has 2 rings (SSSR count). The molecule has 2 heterocycles. The number of nitrogens with one attached hydrogen (secondary N) is 1. The molecule has 1 aliphatic heterocycles. The zero-order valence-electron chi connectivity index (χ0n) is 8.16. The Kier molecular flexibility index (Phi) is 1.88. The van der Waals surface area contributed by atoms with E-state index in [2.05, 4.69) is 5.32 Å². The molecule has 1 aromatic heterocycles. The van der Waals surface area contributed by atoms with Crippen molar-refractivity contribution in [2.45, 2.75) is 18.7 Å². The number of fused-ring (bicyclic) bond motifs is 1. The average Bonchev–Trinajstić information content (AvgIpc) is 2.43. The summed E-state index contributed by atoms with van der Waals surface area (Å²) in [6, 6.07) is 1.64. The van der Waals surface area contributed by atoms with Gasteiger partial charge in [0.2, 0.25) is 15.7 Å². The van der Waals surface area contributed by atoms with Gasteiger partial charge in [-0.05, 0) is 13.8 Å². The molecular weight excluding hydrogens is 216 g/mol. The highest BCUT2D eigenvalue weighted by atomic mass is 32.2. The van der Waals surface area contributed by atoms with Crippen molar-refractivity contribution in [2.75, 3.05) is 5.32 Å². The molecule has 0 aliphatic carbocycles. The summed E-state index contributed by atoms with van der Waals surface area (Å²) in [5.41, 5.74) is 0.540. The van der Waals surface area contributed by atoms with Crippen LogP contribution in [0, 0.1) is 25.2 Å². The molecule has 0 bridgehead atoms. The van der Waals surface area contributed by atoms with Crippen molar-refractivity contribution >= 4 is 15.7 Å². The maximum atomic E-state index is 11.9. The topological polar surface area (TPSA) is 83.1 Å². The quantitative estimate of drug-likeness (QED) is 0.721. The van der Waals surface area contributed by atoms with Gasteiger partial charge >= 0.3 is 0 Å². The first-order chi connectivity index (χ1) is 6.98. The Morgan fingerprint density at radius 1 is 1.47 bits per heavy atom. The minimum Gasteiger partial charge on any atom is -0.444 e. The van der Waals surface area contributed by atoms with E-state index in [-0.39, 0.29) is 15.7 Å². The fraction of sp³-hybridized carbons (Fsp3) is 0.222. The van der Waals surface area contributed by atoms with Crippen molar-refractivity contribution in [3.8, 4) is 6.07 Å². The van der Waals surface area contributed by atoms with Crippen LogP contribution in [0.1, 0.15) is 11.3 Å². The summed E-state index contributed by atoms with van der Waals surface area (Å²) in [6.07, 6.45) is 1.14. The molecule has 1 aliphatic rings. The fourth-order valence-corrected chi connectivity index (χ4v) is 2.88. The van der Waals surface area contributed by atoms with Gasteiger partial charge in [0.1, 0.15) is 16.7 Å². The second-order valence-electron chi connectivity index (χ2n) is 3.21. The summed E-state index contributed by atoms with van der Waals surface area (Å²) in [7, 11) is -3.70. The monoisotopic (exact) mass is 224 g/mol. The first kappa shape index (κ1) is 9.80. The number of hydrogen-bond acceptors (Lipinski definition) is 5. The Balaban J connectivity index is 2.79. The van der Waals surface area contributed by atoms with Crippen molar-refractivity contribution in [1.82, 2.24) is 0 Å². The van der Waals surface area contributed by atoms with Crippen molar-refractivity contribution in [1.29, 1.82) is 5.26 Å². The van der Waals surface area contributed by atoms with Crippen molar-refractivity contribution in [3.05, 3.63) is 22.4 Å². The molecule has 0 atom stereocenters. The third kappa shape index (κ3) is 1.17. The lowest BCUT2D eigenvalue weighted by Crippen LogP contribution is -2.12. The molecule has 0 amide bonds. The van der Waals surface area contributed by atoms with Gasteiger partial charge in [0, 0.05) is 11.8 Å². The van der Waals surface area contributed by atoms with Crippen LogP contribution in [0.25, 0.3) is 0 Å². The molecule has 0 aromatic carbocycles.